The predicted molar refractivity (Wildman–Crippen MR) is 109 cm³/mol. The molecule has 1 unspecified atom stereocenters. The summed E-state index contributed by atoms with van der Waals surface area (Å²) in [5.41, 5.74) is 2.17. The Kier molecular flexibility index (Phi) is 5.81. The third kappa shape index (κ3) is 4.07. The molecule has 1 fully saturated rings. The average Bonchev–Trinajstić information content (AvgIpc) is 3.03. The van der Waals surface area contributed by atoms with Crippen LogP contribution in [0.4, 0.5) is 8.78 Å². The van der Waals surface area contributed by atoms with Gasteiger partial charge in [-0.05, 0) is 35.7 Å². The number of H-pyrrole nitrogens is 1. The van der Waals surface area contributed by atoms with E-state index in [1.54, 1.807) is 25.1 Å². The molecule has 166 valence electrons. The summed E-state index contributed by atoms with van der Waals surface area (Å²) in [6, 6.07) is 7.69. The van der Waals surface area contributed by atoms with Crippen LogP contribution in [0.5, 0.6) is 5.88 Å². The maximum absolute atomic E-state index is 13.2. The molecule has 0 aliphatic carbocycles. The second-order valence-electron chi connectivity index (χ2n) is 7.08. The second kappa shape index (κ2) is 8.26. The minimum atomic E-state index is -3.84. The highest BCUT2D eigenvalue weighted by Gasteiger charge is 2.37. The number of halogens is 2. The van der Waals surface area contributed by atoms with E-state index in [1.165, 1.54) is 12.1 Å². The van der Waals surface area contributed by atoms with Crippen LogP contribution in [-0.2, 0) is 31.4 Å². The van der Waals surface area contributed by atoms with E-state index in [2.05, 4.69) is 14.9 Å². The lowest BCUT2D eigenvalue weighted by Crippen LogP contribution is -2.40. The molecule has 1 aliphatic rings. The first-order chi connectivity index (χ1) is 14.7. The Morgan fingerprint density at radius 1 is 1.32 bits per heavy atom. The number of aryl methyl sites for hydroxylation is 1. The van der Waals surface area contributed by atoms with Gasteiger partial charge in [-0.1, -0.05) is 18.2 Å². The van der Waals surface area contributed by atoms with Gasteiger partial charge in [0, 0.05) is 5.56 Å². The molecule has 1 atom stereocenters. The minimum Gasteiger partial charge on any atom is -0.415 e. The molecule has 2 aromatic carbocycles. The molecule has 1 aromatic heterocycles. The largest absolute Gasteiger partial charge is 0.415 e. The van der Waals surface area contributed by atoms with Crippen molar-refractivity contribution in [1.29, 1.82) is 0 Å². The van der Waals surface area contributed by atoms with Crippen LogP contribution < -0.4 is 4.74 Å². The summed E-state index contributed by atoms with van der Waals surface area (Å²) in [6.07, 6.45) is 0. The molecular formula is C19H18F2N2O6S2. The van der Waals surface area contributed by atoms with Gasteiger partial charge in [-0.25, -0.2) is 12.6 Å². The number of hydrogen-bond donors (Lipinski definition) is 2. The molecular weight excluding hydrogens is 454 g/mol. The molecule has 1 aliphatic heterocycles. The Bertz CT molecular complexity index is 1270. The first kappa shape index (κ1) is 21.8. The zero-order valence-corrected chi connectivity index (χ0v) is 17.8. The predicted octanol–water partition coefficient (Wildman–Crippen LogP) is 3.03. The monoisotopic (exact) mass is 472 g/mol. The van der Waals surface area contributed by atoms with Crippen molar-refractivity contribution in [1.82, 2.24) is 10.2 Å². The van der Waals surface area contributed by atoms with Gasteiger partial charge >= 0.3 is 6.61 Å². The molecule has 0 bridgehead atoms. The fraction of sp³-hybridized carbons (Fsp3) is 0.316. The van der Waals surface area contributed by atoms with Crippen LogP contribution in [0.15, 0.2) is 35.2 Å². The van der Waals surface area contributed by atoms with Crippen molar-refractivity contribution < 1.29 is 35.4 Å². The molecule has 4 rings (SSSR count). The van der Waals surface area contributed by atoms with E-state index in [1.807, 2.05) is 0 Å². The quantitative estimate of drug-likeness (QED) is 0.508. The normalized spacial score (nSPS) is 15.9. The van der Waals surface area contributed by atoms with E-state index in [0.717, 1.165) is 0 Å². The average molecular weight is 472 g/mol. The molecule has 3 aromatic rings. The van der Waals surface area contributed by atoms with E-state index in [0.29, 0.717) is 22.2 Å². The lowest BCUT2D eigenvalue weighted by atomic mass is 9.97. The van der Waals surface area contributed by atoms with Gasteiger partial charge in [-0.15, -0.1) is 5.10 Å². The highest BCUT2D eigenvalue weighted by molar-refractivity contribution is 7.92. The van der Waals surface area contributed by atoms with Crippen molar-refractivity contribution in [2.75, 3.05) is 13.2 Å². The molecule has 0 saturated carbocycles. The van der Waals surface area contributed by atoms with Gasteiger partial charge in [-0.3, -0.25) is 5.10 Å². The van der Waals surface area contributed by atoms with Crippen LogP contribution >= 0.6 is 0 Å². The number of benzene rings is 2. The lowest BCUT2D eigenvalue weighted by Gasteiger charge is -2.27. The van der Waals surface area contributed by atoms with E-state index < -0.39 is 38.7 Å². The van der Waals surface area contributed by atoms with Crippen LogP contribution in [0.2, 0.25) is 0 Å². The van der Waals surface area contributed by atoms with E-state index in [4.69, 9.17) is 4.74 Å². The summed E-state index contributed by atoms with van der Waals surface area (Å²) >= 11 is -2.05. The van der Waals surface area contributed by atoms with Crippen LogP contribution in [0.1, 0.15) is 11.1 Å². The number of hydrogen-bond acceptors (Lipinski definition) is 6. The smallest absolute Gasteiger partial charge is 0.388 e. The Morgan fingerprint density at radius 3 is 2.65 bits per heavy atom. The van der Waals surface area contributed by atoms with Crippen LogP contribution in [-0.4, -0.2) is 52.5 Å². The fourth-order valence-corrected chi connectivity index (χ4v) is 5.74. The van der Waals surface area contributed by atoms with Gasteiger partial charge in [0.25, 0.3) is 0 Å². The number of sulfone groups is 1. The standard InChI is InChI=1S/C19H18F2N2O6S2/c1-10-6-11(2-3-12(10)9-30(24)25)16-15(31(26,27)13-7-28-8-13)5-4-14-17(16)18(23-22-14)29-19(20)21/h2-6,13,19H,7-9H2,1H3,(H,22,23)(H,24,25). The number of rotatable bonds is 7. The van der Waals surface area contributed by atoms with Gasteiger partial charge < -0.3 is 14.0 Å². The number of nitrogens with one attached hydrogen (secondary N) is 1. The summed E-state index contributed by atoms with van der Waals surface area (Å²) < 4.78 is 82.3. The van der Waals surface area contributed by atoms with Crippen LogP contribution in [0.25, 0.3) is 22.0 Å². The van der Waals surface area contributed by atoms with Crippen molar-refractivity contribution in [2.24, 2.45) is 0 Å². The molecule has 8 nitrogen and oxygen atoms in total. The van der Waals surface area contributed by atoms with Gasteiger partial charge in [0.15, 0.2) is 20.9 Å². The van der Waals surface area contributed by atoms with E-state index in [9.17, 15) is 26.0 Å². The Labute approximate surface area is 178 Å². The van der Waals surface area contributed by atoms with Crippen molar-refractivity contribution in [2.45, 2.75) is 29.4 Å². The molecule has 12 heteroatoms. The molecule has 0 radical (unpaired) electrons. The number of nitrogens with zero attached hydrogens (tertiary/aromatic N) is 1. The van der Waals surface area contributed by atoms with Crippen molar-refractivity contribution >= 4 is 31.8 Å². The topological polar surface area (TPSA) is 119 Å². The summed E-state index contributed by atoms with van der Waals surface area (Å²) in [6.45, 7) is -1.34. The third-order valence-corrected chi connectivity index (χ3v) is 7.78. The number of aromatic nitrogens is 2. The van der Waals surface area contributed by atoms with E-state index in [-0.39, 0.29) is 34.8 Å². The van der Waals surface area contributed by atoms with E-state index >= 15 is 0 Å². The zero-order valence-electron chi connectivity index (χ0n) is 16.2. The first-order valence-corrected chi connectivity index (χ1v) is 12.0. The molecule has 2 heterocycles. The number of ether oxygens (including phenoxy) is 2. The zero-order chi connectivity index (χ0) is 22.3. The highest BCUT2D eigenvalue weighted by atomic mass is 32.2. The van der Waals surface area contributed by atoms with Crippen LogP contribution in [0, 0.1) is 6.92 Å². The van der Waals surface area contributed by atoms with Crippen molar-refractivity contribution in [3.05, 3.63) is 41.5 Å². The molecule has 1 saturated heterocycles. The molecule has 0 amide bonds. The Morgan fingerprint density at radius 2 is 2.06 bits per heavy atom. The van der Waals surface area contributed by atoms with Gasteiger partial charge in [0.2, 0.25) is 5.88 Å². The third-order valence-electron chi connectivity index (χ3n) is 5.12. The molecule has 2 N–H and O–H groups in total. The summed E-state index contributed by atoms with van der Waals surface area (Å²) in [5, 5.41) is 5.74. The second-order valence-corrected chi connectivity index (χ2v) is 10.2. The summed E-state index contributed by atoms with van der Waals surface area (Å²) in [4.78, 5) is -0.0494. The lowest BCUT2D eigenvalue weighted by molar-refractivity contribution is -0.0518. The first-order valence-electron chi connectivity index (χ1n) is 9.13. The fourth-order valence-electron chi connectivity index (χ4n) is 3.48. The SMILES string of the molecule is Cc1cc(-c2c(S(=O)(=O)C3COC3)ccc3[nH]nc(OC(F)F)c23)ccc1CS(=O)O. The Hall–Kier alpha value is -2.41. The maximum Gasteiger partial charge on any atom is 0.388 e. The summed E-state index contributed by atoms with van der Waals surface area (Å²) in [5.74, 6) is -0.508. The van der Waals surface area contributed by atoms with Gasteiger partial charge in [0.05, 0.1) is 34.8 Å². The van der Waals surface area contributed by atoms with Crippen LogP contribution in [0.3, 0.4) is 0 Å². The minimum absolute atomic E-state index is 0.0475. The molecule has 31 heavy (non-hydrogen) atoms. The van der Waals surface area contributed by atoms with Crippen molar-refractivity contribution in [3.63, 3.8) is 0 Å². The maximum atomic E-state index is 13.2. The van der Waals surface area contributed by atoms with Gasteiger partial charge in [-0.2, -0.15) is 8.78 Å². The number of aromatic amines is 1. The number of alkyl halides is 2. The number of fused-ring (bicyclic) bond motifs is 1. The van der Waals surface area contributed by atoms with Gasteiger partial charge in [0.1, 0.15) is 5.25 Å². The van der Waals surface area contributed by atoms with Crippen molar-refractivity contribution in [3.8, 4) is 17.0 Å². The highest BCUT2D eigenvalue weighted by Crippen LogP contribution is 2.41. The molecule has 0 spiro atoms. The Balaban J connectivity index is 1.98. The summed E-state index contributed by atoms with van der Waals surface area (Å²) in [7, 11) is -3.84.